The van der Waals surface area contributed by atoms with E-state index in [2.05, 4.69) is 12.7 Å². The van der Waals surface area contributed by atoms with Crippen LogP contribution in [0.4, 0.5) is 0 Å². The van der Waals surface area contributed by atoms with Crippen LogP contribution in [0.15, 0.2) is 0 Å². The van der Waals surface area contributed by atoms with E-state index in [9.17, 15) is 0 Å². The molecule has 0 aliphatic rings. The summed E-state index contributed by atoms with van der Waals surface area (Å²) in [5, 5.41) is 7.35. The van der Waals surface area contributed by atoms with Crippen LogP contribution in [0.1, 0.15) is 13.3 Å². The summed E-state index contributed by atoms with van der Waals surface area (Å²) in [4.78, 5) is 0. The predicted octanol–water partition coefficient (Wildman–Crippen LogP) is -2.40. The molecule has 0 aromatic carbocycles. The van der Waals surface area contributed by atoms with E-state index in [4.69, 9.17) is 10.8 Å². The highest BCUT2D eigenvalue weighted by atomic mass is 16.3. The molecule has 0 heterocycles. The zero-order valence-electron chi connectivity index (χ0n) is 5.72. The molecule has 9 heavy (non-hydrogen) atoms. The third-order valence-corrected chi connectivity index (χ3v) is 0.289. The molecule has 0 amide bonds. The first-order valence-electron chi connectivity index (χ1n) is 2.34. The van der Waals surface area contributed by atoms with Gasteiger partial charge in [-0.25, -0.2) is 0 Å². The molecule has 0 saturated heterocycles. The molecule has 9 N–H and O–H groups in total. The quantitative estimate of drug-likeness (QED) is 0.352. The number of aliphatic hydroxyl groups excluding tert-OH is 1. The lowest BCUT2D eigenvalue weighted by molar-refractivity contribution is 0.307. The Kier molecular flexibility index (Phi) is 119. The van der Waals surface area contributed by atoms with Crippen molar-refractivity contribution in [2.75, 3.05) is 13.3 Å². The Labute approximate surface area is 55.3 Å². The molecule has 5 nitrogen and oxygen atoms in total. The second-order valence-electron chi connectivity index (χ2n) is 0.971. The molecule has 0 aliphatic heterocycles. The van der Waals surface area contributed by atoms with Crippen molar-refractivity contribution in [2.45, 2.75) is 13.3 Å². The van der Waals surface area contributed by atoms with Crippen LogP contribution < -0.4 is 11.5 Å². The molecule has 5 heteroatoms. The number of nitrogens with two attached hydrogens (primary N) is 2. The minimum absolute atomic E-state index is 0. The molecule has 0 rings (SSSR count). The van der Waals surface area contributed by atoms with Gasteiger partial charge in [-0.3, -0.25) is 0 Å². The Morgan fingerprint density at radius 2 is 1.33 bits per heavy atom. The van der Waals surface area contributed by atoms with Crippen molar-refractivity contribution >= 4 is 0 Å². The van der Waals surface area contributed by atoms with Crippen LogP contribution >= 0.6 is 0 Å². The van der Waals surface area contributed by atoms with E-state index in [1.54, 1.807) is 0 Å². The molecular formula is C4H18N2O3. The van der Waals surface area contributed by atoms with Gasteiger partial charge in [0.25, 0.3) is 0 Å². The number of rotatable bonds is 1. The first kappa shape index (κ1) is 23.2. The van der Waals surface area contributed by atoms with Crippen LogP contribution in [0, 0.1) is 0 Å². The highest BCUT2D eigenvalue weighted by Gasteiger charge is 1.55. The van der Waals surface area contributed by atoms with Crippen LogP contribution in [0.25, 0.3) is 0 Å². The summed E-state index contributed by atoms with van der Waals surface area (Å²) in [6, 6.07) is 0. The van der Waals surface area contributed by atoms with Crippen molar-refractivity contribution < 1.29 is 16.1 Å². The third-order valence-electron chi connectivity index (χ3n) is 0.289. The first-order chi connectivity index (χ1) is 3.33. The minimum atomic E-state index is -0.250. The SMILES string of the molecule is CCCN.NCO.O.O. The van der Waals surface area contributed by atoms with Gasteiger partial charge in [-0.2, -0.15) is 0 Å². The monoisotopic (exact) mass is 142 g/mol. The second-order valence-corrected chi connectivity index (χ2v) is 0.971. The topological polar surface area (TPSA) is 135 Å². The average Bonchev–Trinajstić information content (AvgIpc) is 1.69. The number of hydrogen-bond acceptors (Lipinski definition) is 3. The average molecular weight is 142 g/mol. The molecule has 0 saturated carbocycles. The summed E-state index contributed by atoms with van der Waals surface area (Å²) in [7, 11) is 0. The smallest absolute Gasteiger partial charge is 0.0906 e. The Morgan fingerprint density at radius 1 is 1.22 bits per heavy atom. The number of aliphatic hydroxyl groups is 1. The van der Waals surface area contributed by atoms with E-state index in [0.29, 0.717) is 0 Å². The predicted molar refractivity (Wildman–Crippen MR) is 37.8 cm³/mol. The zero-order chi connectivity index (χ0) is 6.12. The Morgan fingerprint density at radius 3 is 1.33 bits per heavy atom. The normalized spacial score (nSPS) is 5.33. The van der Waals surface area contributed by atoms with Gasteiger partial charge in [-0.1, -0.05) is 6.92 Å². The van der Waals surface area contributed by atoms with Gasteiger partial charge in [0.15, 0.2) is 0 Å². The lowest BCUT2D eigenvalue weighted by Crippen LogP contribution is -1.93. The maximum Gasteiger partial charge on any atom is 0.0906 e. The molecule has 0 spiro atoms. The van der Waals surface area contributed by atoms with Gasteiger partial charge in [0.2, 0.25) is 0 Å². The van der Waals surface area contributed by atoms with Crippen molar-refractivity contribution in [2.24, 2.45) is 11.5 Å². The zero-order valence-corrected chi connectivity index (χ0v) is 5.72. The van der Waals surface area contributed by atoms with Crippen molar-refractivity contribution in [1.29, 1.82) is 0 Å². The summed E-state index contributed by atoms with van der Waals surface area (Å²) in [5.41, 5.74) is 9.43. The van der Waals surface area contributed by atoms with Gasteiger partial charge in [0.05, 0.1) is 6.73 Å². The van der Waals surface area contributed by atoms with Gasteiger partial charge in [-0.15, -0.1) is 0 Å². The van der Waals surface area contributed by atoms with Crippen molar-refractivity contribution in [3.05, 3.63) is 0 Å². The van der Waals surface area contributed by atoms with E-state index in [-0.39, 0.29) is 17.7 Å². The van der Waals surface area contributed by atoms with Crippen molar-refractivity contribution in [3.63, 3.8) is 0 Å². The fourth-order valence-electron chi connectivity index (χ4n) is 0. The van der Waals surface area contributed by atoms with E-state index < -0.39 is 0 Å². The summed E-state index contributed by atoms with van der Waals surface area (Å²) in [6.45, 7) is 2.62. The maximum absolute atomic E-state index is 7.35. The van der Waals surface area contributed by atoms with Crippen molar-refractivity contribution in [1.82, 2.24) is 0 Å². The molecule has 0 aromatic rings. The Hall–Kier alpha value is -0.200. The summed E-state index contributed by atoms with van der Waals surface area (Å²) >= 11 is 0. The Bertz CT molecular complexity index is 21.3. The highest BCUT2D eigenvalue weighted by molar-refractivity contribution is 4.19. The van der Waals surface area contributed by atoms with Crippen LogP contribution in [0.5, 0.6) is 0 Å². The fraction of sp³-hybridized carbons (Fsp3) is 1.00. The molecule has 0 fully saturated rings. The lowest BCUT2D eigenvalue weighted by atomic mass is 10.5. The van der Waals surface area contributed by atoms with Gasteiger partial charge in [-0.05, 0) is 13.0 Å². The van der Waals surface area contributed by atoms with E-state index >= 15 is 0 Å². The largest absolute Gasteiger partial charge is 0.412 e. The molecule has 0 atom stereocenters. The van der Waals surface area contributed by atoms with Crippen LogP contribution in [-0.2, 0) is 0 Å². The first-order valence-corrected chi connectivity index (χ1v) is 2.34. The standard InChI is InChI=1S/C3H9N.CH5NO.2H2O/c1-2-3-4;2-1-3;;/h2-4H2,1H3;3H,1-2H2;2*1H2. The molecule has 0 bridgehead atoms. The second kappa shape index (κ2) is 46.0. The van der Waals surface area contributed by atoms with Gasteiger partial charge < -0.3 is 27.5 Å². The summed E-state index contributed by atoms with van der Waals surface area (Å²) < 4.78 is 0. The van der Waals surface area contributed by atoms with Gasteiger partial charge >= 0.3 is 0 Å². The summed E-state index contributed by atoms with van der Waals surface area (Å²) in [6.07, 6.45) is 1.10. The van der Waals surface area contributed by atoms with Crippen molar-refractivity contribution in [3.8, 4) is 0 Å². The molecule has 0 aromatic heterocycles. The molecule has 0 aliphatic carbocycles. The molecule has 62 valence electrons. The van der Waals surface area contributed by atoms with E-state index in [1.807, 2.05) is 0 Å². The van der Waals surface area contributed by atoms with Crippen LogP contribution in [0.3, 0.4) is 0 Å². The maximum atomic E-state index is 7.35. The fourth-order valence-corrected chi connectivity index (χ4v) is 0. The van der Waals surface area contributed by atoms with Crippen LogP contribution in [-0.4, -0.2) is 29.3 Å². The Balaban J connectivity index is -0.0000000233. The van der Waals surface area contributed by atoms with E-state index in [0.717, 1.165) is 13.0 Å². The third kappa shape index (κ3) is 410. The lowest BCUT2D eigenvalue weighted by Gasteiger charge is -1.70. The van der Waals surface area contributed by atoms with Gasteiger partial charge in [0.1, 0.15) is 0 Å². The highest BCUT2D eigenvalue weighted by Crippen LogP contribution is 1.57. The van der Waals surface area contributed by atoms with E-state index in [1.165, 1.54) is 0 Å². The summed E-state index contributed by atoms with van der Waals surface area (Å²) in [5.74, 6) is 0. The molecule has 0 radical (unpaired) electrons. The molecule has 0 unspecified atom stereocenters. The number of hydrogen-bond donors (Lipinski definition) is 3. The molecular weight excluding hydrogens is 124 g/mol. The van der Waals surface area contributed by atoms with Gasteiger partial charge in [0, 0.05) is 0 Å². The van der Waals surface area contributed by atoms with Crippen LogP contribution in [0.2, 0.25) is 0 Å². The minimum Gasteiger partial charge on any atom is -0.412 e.